The van der Waals surface area contributed by atoms with Crippen LogP contribution in [-0.2, 0) is 4.74 Å². The summed E-state index contributed by atoms with van der Waals surface area (Å²) < 4.78 is 17.7. The fourth-order valence-corrected chi connectivity index (χ4v) is 3.26. The van der Waals surface area contributed by atoms with Crippen molar-refractivity contribution in [3.8, 4) is 0 Å². The standard InChI is InChI=1S/C19H16FN3O3S/c1-11-16(27-19(21-11)22-13-9-7-12(20)8-10-13)17(24)23-15-6-4-3-5-14(15)18(25)26-2/h3-10H,1-2H3,(H,21,22)(H,23,24). The second kappa shape index (κ2) is 7.96. The summed E-state index contributed by atoms with van der Waals surface area (Å²) in [7, 11) is 1.28. The number of hydrogen-bond acceptors (Lipinski definition) is 6. The molecule has 0 atom stereocenters. The second-order valence-corrected chi connectivity index (χ2v) is 6.56. The van der Waals surface area contributed by atoms with Crippen LogP contribution >= 0.6 is 11.3 Å². The van der Waals surface area contributed by atoms with E-state index in [1.54, 1.807) is 43.3 Å². The monoisotopic (exact) mass is 385 g/mol. The third-order valence-electron chi connectivity index (χ3n) is 3.68. The number of amides is 1. The van der Waals surface area contributed by atoms with Gasteiger partial charge in [-0.1, -0.05) is 23.5 Å². The topological polar surface area (TPSA) is 80.3 Å². The van der Waals surface area contributed by atoms with E-state index in [0.29, 0.717) is 27.1 Å². The van der Waals surface area contributed by atoms with E-state index in [0.717, 1.165) is 11.3 Å². The molecule has 138 valence electrons. The molecule has 1 heterocycles. The molecular weight excluding hydrogens is 369 g/mol. The molecule has 0 unspecified atom stereocenters. The molecule has 0 aliphatic carbocycles. The number of halogens is 1. The molecule has 2 aromatic carbocycles. The zero-order valence-electron chi connectivity index (χ0n) is 14.6. The highest BCUT2D eigenvalue weighted by molar-refractivity contribution is 7.17. The van der Waals surface area contributed by atoms with Crippen LogP contribution in [0.4, 0.5) is 20.9 Å². The van der Waals surface area contributed by atoms with Gasteiger partial charge in [0.05, 0.1) is 24.1 Å². The first-order valence-corrected chi connectivity index (χ1v) is 8.78. The molecule has 3 rings (SSSR count). The number of carbonyl (C=O) groups is 2. The number of ether oxygens (including phenoxy) is 1. The van der Waals surface area contributed by atoms with Crippen molar-refractivity contribution >= 4 is 39.7 Å². The Balaban J connectivity index is 1.79. The second-order valence-electron chi connectivity index (χ2n) is 5.56. The van der Waals surface area contributed by atoms with Gasteiger partial charge in [0.15, 0.2) is 5.13 Å². The third-order valence-corrected chi connectivity index (χ3v) is 4.75. The van der Waals surface area contributed by atoms with Crippen LogP contribution in [0.15, 0.2) is 48.5 Å². The zero-order valence-corrected chi connectivity index (χ0v) is 15.4. The Bertz CT molecular complexity index is 986. The van der Waals surface area contributed by atoms with Crippen LogP contribution < -0.4 is 10.6 Å². The lowest BCUT2D eigenvalue weighted by Crippen LogP contribution is -2.15. The van der Waals surface area contributed by atoms with E-state index >= 15 is 0 Å². The van der Waals surface area contributed by atoms with E-state index in [-0.39, 0.29) is 17.3 Å². The highest BCUT2D eigenvalue weighted by atomic mass is 32.1. The van der Waals surface area contributed by atoms with Gasteiger partial charge in [-0.25, -0.2) is 14.2 Å². The Kier molecular flexibility index (Phi) is 5.46. The molecule has 1 amide bonds. The van der Waals surface area contributed by atoms with E-state index in [9.17, 15) is 14.0 Å². The molecule has 6 nitrogen and oxygen atoms in total. The van der Waals surface area contributed by atoms with Gasteiger partial charge in [0.2, 0.25) is 0 Å². The van der Waals surface area contributed by atoms with E-state index in [1.807, 2.05) is 0 Å². The van der Waals surface area contributed by atoms with E-state index in [2.05, 4.69) is 15.6 Å². The summed E-state index contributed by atoms with van der Waals surface area (Å²) in [5.74, 6) is -1.25. The van der Waals surface area contributed by atoms with Crippen molar-refractivity contribution in [2.24, 2.45) is 0 Å². The molecule has 0 saturated carbocycles. The first-order valence-electron chi connectivity index (χ1n) is 7.96. The number of nitrogens with one attached hydrogen (secondary N) is 2. The fourth-order valence-electron chi connectivity index (χ4n) is 2.38. The molecule has 0 aliphatic heterocycles. The number of benzene rings is 2. The van der Waals surface area contributed by atoms with Crippen molar-refractivity contribution in [1.29, 1.82) is 0 Å². The number of nitrogens with zero attached hydrogens (tertiary/aromatic N) is 1. The first kappa shape index (κ1) is 18.5. The van der Waals surface area contributed by atoms with Gasteiger partial charge in [-0.05, 0) is 43.3 Å². The minimum absolute atomic E-state index is 0.264. The van der Waals surface area contributed by atoms with E-state index in [4.69, 9.17) is 4.74 Å². The quantitative estimate of drug-likeness (QED) is 0.638. The lowest BCUT2D eigenvalue weighted by molar-refractivity contribution is 0.0602. The van der Waals surface area contributed by atoms with Crippen LogP contribution in [0.3, 0.4) is 0 Å². The molecule has 0 radical (unpaired) electrons. The molecule has 1 aromatic heterocycles. The number of thiazole rings is 1. The Morgan fingerprint density at radius 1 is 1.11 bits per heavy atom. The van der Waals surface area contributed by atoms with E-state index in [1.165, 1.54) is 19.2 Å². The van der Waals surface area contributed by atoms with Gasteiger partial charge in [0.1, 0.15) is 10.7 Å². The average molecular weight is 385 g/mol. The van der Waals surface area contributed by atoms with Gasteiger partial charge in [-0.2, -0.15) is 0 Å². The summed E-state index contributed by atoms with van der Waals surface area (Å²) >= 11 is 1.16. The van der Waals surface area contributed by atoms with Crippen molar-refractivity contribution in [1.82, 2.24) is 4.98 Å². The molecule has 0 spiro atoms. The third kappa shape index (κ3) is 4.29. The SMILES string of the molecule is COC(=O)c1ccccc1NC(=O)c1sc(Nc2ccc(F)cc2)nc1C. The number of esters is 1. The summed E-state index contributed by atoms with van der Waals surface area (Å²) in [5, 5.41) is 6.26. The van der Waals surface area contributed by atoms with Crippen LogP contribution in [0.25, 0.3) is 0 Å². The Hall–Kier alpha value is -3.26. The predicted octanol–water partition coefficient (Wildman–Crippen LogP) is 4.37. The van der Waals surface area contributed by atoms with Crippen LogP contribution in [0.1, 0.15) is 25.7 Å². The van der Waals surface area contributed by atoms with Crippen LogP contribution in [0.2, 0.25) is 0 Å². The predicted molar refractivity (Wildman–Crippen MR) is 102 cm³/mol. The minimum atomic E-state index is -0.536. The van der Waals surface area contributed by atoms with Crippen molar-refractivity contribution in [3.05, 3.63) is 70.5 Å². The largest absolute Gasteiger partial charge is 0.465 e. The number of hydrogen-bond donors (Lipinski definition) is 2. The molecule has 3 aromatic rings. The maximum atomic E-state index is 13.0. The summed E-state index contributed by atoms with van der Waals surface area (Å²) in [6.07, 6.45) is 0. The van der Waals surface area contributed by atoms with Crippen LogP contribution in [0.5, 0.6) is 0 Å². The van der Waals surface area contributed by atoms with Gasteiger partial charge < -0.3 is 15.4 Å². The van der Waals surface area contributed by atoms with Gasteiger partial charge in [0.25, 0.3) is 5.91 Å². The van der Waals surface area contributed by atoms with E-state index < -0.39 is 5.97 Å². The maximum Gasteiger partial charge on any atom is 0.339 e. The lowest BCUT2D eigenvalue weighted by atomic mass is 10.1. The maximum absolute atomic E-state index is 13.0. The molecule has 0 aliphatic rings. The highest BCUT2D eigenvalue weighted by Crippen LogP contribution is 2.27. The fraction of sp³-hybridized carbons (Fsp3) is 0.105. The van der Waals surface area contributed by atoms with Crippen LogP contribution in [0, 0.1) is 12.7 Å². The number of carbonyl (C=O) groups excluding carboxylic acids is 2. The van der Waals surface area contributed by atoms with Gasteiger partial charge >= 0.3 is 5.97 Å². The van der Waals surface area contributed by atoms with Gasteiger partial charge in [-0.3, -0.25) is 4.79 Å². The van der Waals surface area contributed by atoms with Crippen molar-refractivity contribution in [2.45, 2.75) is 6.92 Å². The number of methoxy groups -OCH3 is 1. The smallest absolute Gasteiger partial charge is 0.339 e. The number of rotatable bonds is 5. The molecule has 0 bridgehead atoms. The molecular formula is C19H16FN3O3S. The average Bonchev–Trinajstić information content (AvgIpc) is 3.03. The molecule has 8 heteroatoms. The first-order chi connectivity index (χ1) is 13.0. The molecule has 0 saturated heterocycles. The van der Waals surface area contributed by atoms with Crippen molar-refractivity contribution in [3.63, 3.8) is 0 Å². The summed E-state index contributed by atoms with van der Waals surface area (Å²) in [6, 6.07) is 12.4. The number of anilines is 3. The van der Waals surface area contributed by atoms with Crippen molar-refractivity contribution in [2.75, 3.05) is 17.7 Å². The Morgan fingerprint density at radius 3 is 2.52 bits per heavy atom. The van der Waals surface area contributed by atoms with Gasteiger partial charge in [-0.15, -0.1) is 0 Å². The molecule has 27 heavy (non-hydrogen) atoms. The van der Waals surface area contributed by atoms with Crippen LogP contribution in [-0.4, -0.2) is 24.0 Å². The Morgan fingerprint density at radius 2 is 1.81 bits per heavy atom. The molecule has 2 N–H and O–H groups in total. The summed E-state index contributed by atoms with van der Waals surface area (Å²) in [5.41, 5.74) is 1.82. The zero-order chi connectivity index (χ0) is 19.4. The normalized spacial score (nSPS) is 10.3. The Labute approximate surface area is 159 Å². The number of para-hydroxylation sites is 1. The summed E-state index contributed by atoms with van der Waals surface area (Å²) in [6.45, 7) is 1.72. The van der Waals surface area contributed by atoms with Gasteiger partial charge in [0, 0.05) is 5.69 Å². The molecule has 0 fully saturated rings. The number of aryl methyl sites for hydroxylation is 1. The number of aromatic nitrogens is 1. The minimum Gasteiger partial charge on any atom is -0.465 e. The van der Waals surface area contributed by atoms with Crippen molar-refractivity contribution < 1.29 is 18.7 Å². The lowest BCUT2D eigenvalue weighted by Gasteiger charge is -2.08. The highest BCUT2D eigenvalue weighted by Gasteiger charge is 2.18. The summed E-state index contributed by atoms with van der Waals surface area (Å²) in [4.78, 5) is 29.2.